The number of benzene rings is 3. The molecule has 0 unspecified atom stereocenters. The molecule has 0 atom stereocenters. The van der Waals surface area contributed by atoms with Crippen LogP contribution >= 0.6 is 11.8 Å². The van der Waals surface area contributed by atoms with Crippen LogP contribution in [0.3, 0.4) is 0 Å². The fraction of sp³-hybridized carbons (Fsp3) is 0.125. The second-order valence-corrected chi connectivity index (χ2v) is 8.07. The number of phenols is 1. The number of thioether (sulfide) groups is 1. The zero-order valence-corrected chi connectivity index (χ0v) is 18.1. The third-order valence-corrected chi connectivity index (χ3v) is 5.78. The summed E-state index contributed by atoms with van der Waals surface area (Å²) in [6.45, 7) is 3.96. The number of amides is 1. The Morgan fingerprint density at radius 3 is 2.29 bits per heavy atom. The number of rotatable bonds is 6. The van der Waals surface area contributed by atoms with Crippen LogP contribution in [0.25, 0.3) is 17.1 Å². The second kappa shape index (κ2) is 9.06. The molecular weight excluding hydrogens is 408 g/mol. The van der Waals surface area contributed by atoms with Crippen LogP contribution in [0.15, 0.2) is 78.0 Å². The van der Waals surface area contributed by atoms with E-state index >= 15 is 0 Å². The van der Waals surface area contributed by atoms with Crippen molar-refractivity contribution in [3.05, 3.63) is 83.9 Å². The summed E-state index contributed by atoms with van der Waals surface area (Å²) in [5.74, 6) is 0.932. The van der Waals surface area contributed by atoms with E-state index in [1.165, 1.54) is 11.8 Å². The van der Waals surface area contributed by atoms with Gasteiger partial charge in [0.1, 0.15) is 5.75 Å². The molecule has 1 amide bonds. The SMILES string of the molecule is Cc1cccc(C)c1NC(=O)CSc1nnc(-c2ccc(O)cc2)n1-c1ccccc1. The highest BCUT2D eigenvalue weighted by molar-refractivity contribution is 7.99. The van der Waals surface area contributed by atoms with Gasteiger partial charge in [-0.3, -0.25) is 9.36 Å². The Hall–Kier alpha value is -3.58. The molecule has 7 heteroatoms. The minimum absolute atomic E-state index is 0.101. The molecule has 0 saturated carbocycles. The van der Waals surface area contributed by atoms with Crippen molar-refractivity contribution < 1.29 is 9.90 Å². The molecule has 0 fully saturated rings. The van der Waals surface area contributed by atoms with Gasteiger partial charge in [0, 0.05) is 16.9 Å². The van der Waals surface area contributed by atoms with Crippen molar-refractivity contribution >= 4 is 23.4 Å². The van der Waals surface area contributed by atoms with Crippen molar-refractivity contribution in [1.82, 2.24) is 14.8 Å². The van der Waals surface area contributed by atoms with E-state index < -0.39 is 0 Å². The zero-order valence-electron chi connectivity index (χ0n) is 17.2. The molecule has 31 heavy (non-hydrogen) atoms. The van der Waals surface area contributed by atoms with Gasteiger partial charge in [-0.25, -0.2) is 0 Å². The summed E-state index contributed by atoms with van der Waals surface area (Å²) in [6.07, 6.45) is 0. The van der Waals surface area contributed by atoms with E-state index in [-0.39, 0.29) is 17.4 Å². The number of carbonyl (C=O) groups excluding carboxylic acids is 1. The fourth-order valence-corrected chi connectivity index (χ4v) is 4.04. The van der Waals surface area contributed by atoms with Gasteiger partial charge in [-0.15, -0.1) is 10.2 Å². The van der Waals surface area contributed by atoms with Crippen LogP contribution in [0.1, 0.15) is 11.1 Å². The van der Waals surface area contributed by atoms with Gasteiger partial charge < -0.3 is 10.4 Å². The van der Waals surface area contributed by atoms with Gasteiger partial charge in [0.15, 0.2) is 11.0 Å². The Bertz CT molecular complexity index is 1180. The minimum Gasteiger partial charge on any atom is -0.508 e. The topological polar surface area (TPSA) is 80.0 Å². The van der Waals surface area contributed by atoms with Crippen LogP contribution in [0.2, 0.25) is 0 Å². The standard InChI is InChI=1S/C24H22N4O2S/c1-16-7-6-8-17(2)22(16)25-21(30)15-31-24-27-26-23(18-11-13-20(29)14-12-18)28(24)19-9-4-3-5-10-19/h3-14,29H,15H2,1-2H3,(H,25,30). The van der Waals surface area contributed by atoms with E-state index in [2.05, 4.69) is 15.5 Å². The molecule has 0 radical (unpaired) electrons. The van der Waals surface area contributed by atoms with Crippen molar-refractivity contribution in [3.8, 4) is 22.8 Å². The number of carbonyl (C=O) groups is 1. The average Bonchev–Trinajstić information content (AvgIpc) is 3.20. The maximum absolute atomic E-state index is 12.6. The summed E-state index contributed by atoms with van der Waals surface area (Å²) < 4.78 is 1.92. The van der Waals surface area contributed by atoms with Crippen LogP contribution in [0.5, 0.6) is 5.75 Å². The van der Waals surface area contributed by atoms with Crippen molar-refractivity contribution in [1.29, 1.82) is 0 Å². The molecule has 0 spiro atoms. The number of nitrogens with one attached hydrogen (secondary N) is 1. The Morgan fingerprint density at radius 1 is 0.935 bits per heavy atom. The summed E-state index contributed by atoms with van der Waals surface area (Å²) in [5.41, 5.74) is 4.62. The number of phenolic OH excluding ortho intramolecular Hbond substituents is 1. The molecule has 0 bridgehead atoms. The molecule has 2 N–H and O–H groups in total. The first-order valence-electron chi connectivity index (χ1n) is 9.82. The first-order valence-corrected chi connectivity index (χ1v) is 10.8. The lowest BCUT2D eigenvalue weighted by molar-refractivity contribution is -0.113. The van der Waals surface area contributed by atoms with Crippen molar-refractivity contribution in [2.24, 2.45) is 0 Å². The number of aromatic nitrogens is 3. The van der Waals surface area contributed by atoms with Crippen LogP contribution in [0.4, 0.5) is 5.69 Å². The van der Waals surface area contributed by atoms with Crippen molar-refractivity contribution in [2.45, 2.75) is 19.0 Å². The first kappa shape index (κ1) is 20.7. The van der Waals surface area contributed by atoms with Crippen LogP contribution in [0, 0.1) is 13.8 Å². The third kappa shape index (κ3) is 4.62. The average molecular weight is 431 g/mol. The highest BCUT2D eigenvalue weighted by Crippen LogP contribution is 2.29. The largest absolute Gasteiger partial charge is 0.508 e. The number of aromatic hydroxyl groups is 1. The van der Waals surface area contributed by atoms with E-state index in [1.807, 2.05) is 66.9 Å². The lowest BCUT2D eigenvalue weighted by atomic mass is 10.1. The minimum atomic E-state index is -0.101. The third-order valence-electron chi connectivity index (χ3n) is 4.85. The second-order valence-electron chi connectivity index (χ2n) is 7.13. The number of para-hydroxylation sites is 2. The van der Waals surface area contributed by atoms with Crippen molar-refractivity contribution in [2.75, 3.05) is 11.1 Å². The molecule has 0 aliphatic rings. The first-order chi connectivity index (χ1) is 15.0. The van der Waals surface area contributed by atoms with E-state index in [0.717, 1.165) is 28.1 Å². The normalized spacial score (nSPS) is 10.8. The van der Waals surface area contributed by atoms with Crippen molar-refractivity contribution in [3.63, 3.8) is 0 Å². The monoisotopic (exact) mass is 430 g/mol. The van der Waals surface area contributed by atoms with Crippen LogP contribution < -0.4 is 5.32 Å². The van der Waals surface area contributed by atoms with Gasteiger partial charge >= 0.3 is 0 Å². The predicted octanol–water partition coefficient (Wildman–Crippen LogP) is 4.99. The summed E-state index contributed by atoms with van der Waals surface area (Å²) in [7, 11) is 0. The Balaban J connectivity index is 1.60. The van der Waals surface area contributed by atoms with E-state index in [1.54, 1.807) is 24.3 Å². The van der Waals surface area contributed by atoms with Gasteiger partial charge in [-0.05, 0) is 61.4 Å². The number of anilines is 1. The van der Waals surface area contributed by atoms with Gasteiger partial charge in [0.2, 0.25) is 5.91 Å². The highest BCUT2D eigenvalue weighted by Gasteiger charge is 2.17. The Morgan fingerprint density at radius 2 is 1.61 bits per heavy atom. The Labute approximate surface area is 185 Å². The summed E-state index contributed by atoms with van der Waals surface area (Å²) >= 11 is 1.33. The van der Waals surface area contributed by atoms with Gasteiger partial charge in [-0.1, -0.05) is 48.2 Å². The Kier molecular flexibility index (Phi) is 6.04. The number of aryl methyl sites for hydroxylation is 2. The highest BCUT2D eigenvalue weighted by atomic mass is 32.2. The quantitative estimate of drug-likeness (QED) is 0.421. The lowest BCUT2D eigenvalue weighted by Crippen LogP contribution is -2.16. The molecule has 0 aliphatic carbocycles. The molecule has 1 aromatic heterocycles. The molecule has 156 valence electrons. The van der Waals surface area contributed by atoms with E-state index in [9.17, 15) is 9.90 Å². The van der Waals surface area contributed by atoms with Crippen LogP contribution in [-0.2, 0) is 4.79 Å². The number of hydrogen-bond acceptors (Lipinski definition) is 5. The molecule has 6 nitrogen and oxygen atoms in total. The molecule has 3 aromatic carbocycles. The smallest absolute Gasteiger partial charge is 0.234 e. The van der Waals surface area contributed by atoms with E-state index in [0.29, 0.717) is 11.0 Å². The maximum atomic E-state index is 12.6. The zero-order chi connectivity index (χ0) is 21.8. The number of nitrogens with zero attached hydrogens (tertiary/aromatic N) is 3. The van der Waals surface area contributed by atoms with Gasteiger partial charge in [0.25, 0.3) is 0 Å². The summed E-state index contributed by atoms with van der Waals surface area (Å²) in [5, 5.41) is 21.9. The maximum Gasteiger partial charge on any atom is 0.234 e. The van der Waals surface area contributed by atoms with Gasteiger partial charge in [0.05, 0.1) is 5.75 Å². The summed E-state index contributed by atoms with van der Waals surface area (Å²) in [6, 6.07) is 22.5. The summed E-state index contributed by atoms with van der Waals surface area (Å²) in [4.78, 5) is 12.6. The molecule has 4 aromatic rings. The molecule has 0 saturated heterocycles. The fourth-order valence-electron chi connectivity index (χ4n) is 3.29. The van der Waals surface area contributed by atoms with Gasteiger partial charge in [-0.2, -0.15) is 0 Å². The predicted molar refractivity (Wildman–Crippen MR) is 124 cm³/mol. The molecule has 4 rings (SSSR count). The van der Waals surface area contributed by atoms with E-state index in [4.69, 9.17) is 0 Å². The molecular formula is C24H22N4O2S. The molecule has 0 aliphatic heterocycles. The van der Waals surface area contributed by atoms with Crippen LogP contribution in [-0.4, -0.2) is 31.5 Å². The lowest BCUT2D eigenvalue weighted by Gasteiger charge is -2.12. The molecule has 1 heterocycles. The number of hydrogen-bond donors (Lipinski definition) is 2.